The second-order valence-electron chi connectivity index (χ2n) is 8.81. The molecular formula is C29H22ClN3O8. The number of hydrogen-bond acceptors (Lipinski definition) is 10. The molecule has 4 atom stereocenters. The maximum absolute atomic E-state index is 13.1. The van der Waals surface area contributed by atoms with E-state index in [1.54, 1.807) is 78.9 Å². The van der Waals surface area contributed by atoms with E-state index >= 15 is 0 Å². The molecule has 208 valence electrons. The van der Waals surface area contributed by atoms with Gasteiger partial charge in [-0.2, -0.15) is 14.8 Å². The highest BCUT2D eigenvalue weighted by Gasteiger charge is 2.52. The lowest BCUT2D eigenvalue weighted by atomic mass is 10.1. The SMILES string of the molecule is O=C(OC[C@H]1O[C@@H](n2ncc(Cl)nc2=O)[C@@H](OC(=O)c2ccccc2)[C@H]1OC(=O)c1ccccc1)c1ccccc1. The molecule has 12 heteroatoms. The van der Waals surface area contributed by atoms with Crippen molar-refractivity contribution >= 4 is 29.5 Å². The van der Waals surface area contributed by atoms with Gasteiger partial charge in [-0.25, -0.2) is 19.2 Å². The molecule has 0 saturated carbocycles. The van der Waals surface area contributed by atoms with Crippen molar-refractivity contribution in [3.63, 3.8) is 0 Å². The van der Waals surface area contributed by atoms with Gasteiger partial charge in [0.25, 0.3) is 0 Å². The quantitative estimate of drug-likeness (QED) is 0.227. The smallest absolute Gasteiger partial charge is 0.367 e. The van der Waals surface area contributed by atoms with E-state index in [0.29, 0.717) is 0 Å². The molecule has 4 aromatic rings. The lowest BCUT2D eigenvalue weighted by Crippen LogP contribution is -2.43. The summed E-state index contributed by atoms with van der Waals surface area (Å²) in [6.45, 7) is -0.411. The first kappa shape index (κ1) is 27.7. The monoisotopic (exact) mass is 575 g/mol. The summed E-state index contributed by atoms with van der Waals surface area (Å²) < 4.78 is 23.9. The van der Waals surface area contributed by atoms with E-state index in [-0.39, 0.29) is 21.8 Å². The molecule has 0 aliphatic carbocycles. The summed E-state index contributed by atoms with van der Waals surface area (Å²) in [7, 11) is 0. The first-order valence-corrected chi connectivity index (χ1v) is 12.8. The van der Waals surface area contributed by atoms with Gasteiger partial charge in [-0.1, -0.05) is 66.2 Å². The summed E-state index contributed by atoms with van der Waals surface area (Å²) in [5.74, 6) is -2.19. The average Bonchev–Trinajstić information content (AvgIpc) is 3.33. The lowest BCUT2D eigenvalue weighted by Gasteiger charge is -2.24. The lowest BCUT2D eigenvalue weighted by molar-refractivity contribution is -0.0698. The summed E-state index contributed by atoms with van der Waals surface area (Å²) in [4.78, 5) is 55.3. The maximum atomic E-state index is 13.1. The zero-order valence-electron chi connectivity index (χ0n) is 21.2. The molecule has 5 rings (SSSR count). The molecule has 0 amide bonds. The molecule has 2 heterocycles. The van der Waals surface area contributed by atoms with Crippen LogP contribution in [-0.2, 0) is 18.9 Å². The zero-order chi connectivity index (χ0) is 28.8. The highest BCUT2D eigenvalue weighted by atomic mass is 35.5. The number of carbonyl (C=O) groups excluding carboxylic acids is 3. The normalized spacial score (nSPS) is 19.7. The van der Waals surface area contributed by atoms with E-state index in [1.165, 1.54) is 12.1 Å². The Bertz CT molecular complexity index is 1580. The molecule has 1 aliphatic heterocycles. The third-order valence-electron chi connectivity index (χ3n) is 6.11. The number of aromatic nitrogens is 3. The van der Waals surface area contributed by atoms with Crippen LogP contribution in [0.5, 0.6) is 0 Å². The molecule has 41 heavy (non-hydrogen) atoms. The van der Waals surface area contributed by atoms with Gasteiger partial charge in [0.1, 0.15) is 12.7 Å². The van der Waals surface area contributed by atoms with Crippen molar-refractivity contribution in [1.29, 1.82) is 0 Å². The summed E-state index contributed by atoms with van der Waals surface area (Å²) >= 11 is 5.82. The number of rotatable bonds is 8. The third-order valence-corrected chi connectivity index (χ3v) is 6.29. The Morgan fingerprint density at radius 1 is 0.756 bits per heavy atom. The standard InChI is InChI=1S/C29H22ClN3O8/c30-22-16-31-33(29(37)32-22)25-24(41-28(36)20-14-8-3-9-15-20)23(40-27(35)19-12-6-2-7-13-19)21(39-25)17-38-26(34)18-10-4-1-5-11-18/h1-16,21,23-25H,17H2/t21-,23+,24+,25-/m1/s1. The van der Waals surface area contributed by atoms with Crippen molar-refractivity contribution in [2.45, 2.75) is 24.5 Å². The van der Waals surface area contributed by atoms with Crippen molar-refractivity contribution < 1.29 is 33.3 Å². The van der Waals surface area contributed by atoms with Gasteiger partial charge in [-0.05, 0) is 36.4 Å². The predicted molar refractivity (Wildman–Crippen MR) is 143 cm³/mol. The number of carbonyl (C=O) groups is 3. The van der Waals surface area contributed by atoms with Crippen molar-refractivity contribution in [3.8, 4) is 0 Å². The summed E-state index contributed by atoms with van der Waals surface area (Å²) in [6, 6.07) is 24.4. The minimum atomic E-state index is -1.41. The fourth-order valence-electron chi connectivity index (χ4n) is 4.16. The van der Waals surface area contributed by atoms with E-state index in [9.17, 15) is 19.2 Å². The Morgan fingerprint density at radius 3 is 1.76 bits per heavy atom. The molecule has 0 radical (unpaired) electrons. The van der Waals surface area contributed by atoms with Gasteiger partial charge in [-0.3, -0.25) is 0 Å². The third kappa shape index (κ3) is 6.48. The van der Waals surface area contributed by atoms with E-state index in [2.05, 4.69) is 10.1 Å². The predicted octanol–water partition coefficient (Wildman–Crippen LogP) is 3.50. The number of benzene rings is 3. The molecule has 0 unspecified atom stereocenters. The summed E-state index contributed by atoms with van der Waals surface area (Å²) in [5.41, 5.74) is -0.203. The van der Waals surface area contributed by atoms with Crippen LogP contribution >= 0.6 is 11.6 Å². The number of ether oxygens (including phenoxy) is 4. The van der Waals surface area contributed by atoms with Gasteiger partial charge in [0, 0.05) is 0 Å². The average molecular weight is 576 g/mol. The molecule has 0 spiro atoms. The minimum Gasteiger partial charge on any atom is -0.459 e. The van der Waals surface area contributed by atoms with Gasteiger partial charge in [0.05, 0.1) is 22.9 Å². The van der Waals surface area contributed by atoms with Crippen molar-refractivity contribution in [2.75, 3.05) is 6.61 Å². The van der Waals surface area contributed by atoms with E-state index in [4.69, 9.17) is 30.5 Å². The molecule has 0 bridgehead atoms. The maximum Gasteiger partial charge on any atom is 0.367 e. The first-order valence-electron chi connectivity index (χ1n) is 12.4. The van der Waals surface area contributed by atoms with Crippen molar-refractivity contribution in [3.05, 3.63) is 130 Å². The zero-order valence-corrected chi connectivity index (χ0v) is 22.0. The van der Waals surface area contributed by atoms with E-state index in [0.717, 1.165) is 10.9 Å². The Morgan fingerprint density at radius 2 is 1.24 bits per heavy atom. The fourth-order valence-corrected chi connectivity index (χ4v) is 4.28. The first-order chi connectivity index (χ1) is 19.9. The van der Waals surface area contributed by atoms with Crippen LogP contribution in [0.15, 0.2) is 102 Å². The topological polar surface area (TPSA) is 136 Å². The number of hydrogen-bond donors (Lipinski definition) is 0. The molecule has 1 fully saturated rings. The van der Waals surface area contributed by atoms with E-state index < -0.39 is 54.7 Å². The van der Waals surface area contributed by atoms with Gasteiger partial charge in [0.15, 0.2) is 23.6 Å². The van der Waals surface area contributed by atoms with Crippen LogP contribution in [-0.4, -0.2) is 57.6 Å². The number of esters is 3. The largest absolute Gasteiger partial charge is 0.459 e. The Hall–Kier alpha value is -4.87. The van der Waals surface area contributed by atoms with Gasteiger partial charge < -0.3 is 18.9 Å². The second kappa shape index (κ2) is 12.5. The van der Waals surface area contributed by atoms with Crippen LogP contribution < -0.4 is 5.69 Å². The Labute approximate surface area is 238 Å². The molecule has 0 N–H and O–H groups in total. The molecular weight excluding hydrogens is 554 g/mol. The molecule has 1 aromatic heterocycles. The Kier molecular flexibility index (Phi) is 8.47. The fraction of sp³-hybridized carbons (Fsp3) is 0.172. The van der Waals surface area contributed by atoms with Gasteiger partial charge in [-0.15, -0.1) is 0 Å². The van der Waals surface area contributed by atoms with Crippen LogP contribution in [0.1, 0.15) is 37.3 Å². The van der Waals surface area contributed by atoms with Crippen LogP contribution in [0.25, 0.3) is 0 Å². The van der Waals surface area contributed by atoms with E-state index in [1.807, 2.05) is 0 Å². The molecule has 3 aromatic carbocycles. The van der Waals surface area contributed by atoms with Gasteiger partial charge >= 0.3 is 23.6 Å². The Balaban J connectivity index is 1.49. The van der Waals surface area contributed by atoms with Crippen LogP contribution in [0.4, 0.5) is 0 Å². The number of halogens is 1. The number of nitrogens with zero attached hydrogens (tertiary/aromatic N) is 3. The molecule has 1 aliphatic rings. The van der Waals surface area contributed by atoms with Crippen LogP contribution in [0.3, 0.4) is 0 Å². The molecule has 1 saturated heterocycles. The van der Waals surface area contributed by atoms with Crippen LogP contribution in [0, 0.1) is 0 Å². The second-order valence-corrected chi connectivity index (χ2v) is 9.19. The van der Waals surface area contributed by atoms with Crippen LogP contribution in [0.2, 0.25) is 5.15 Å². The molecule has 11 nitrogen and oxygen atoms in total. The summed E-state index contributed by atoms with van der Waals surface area (Å²) in [6.07, 6.45) is -4.19. The minimum absolute atomic E-state index is 0.164. The van der Waals surface area contributed by atoms with Crippen molar-refractivity contribution in [1.82, 2.24) is 14.8 Å². The highest BCUT2D eigenvalue weighted by molar-refractivity contribution is 6.29. The summed E-state index contributed by atoms with van der Waals surface area (Å²) in [5, 5.41) is 3.82. The highest BCUT2D eigenvalue weighted by Crippen LogP contribution is 2.34. The van der Waals surface area contributed by atoms with Gasteiger partial charge in [0.2, 0.25) is 0 Å². The van der Waals surface area contributed by atoms with Crippen molar-refractivity contribution in [2.24, 2.45) is 0 Å².